The Kier molecular flexibility index (Phi) is 6.74. The third-order valence-electron chi connectivity index (χ3n) is 4.80. The van der Waals surface area contributed by atoms with Crippen LogP contribution in [0.5, 0.6) is 0 Å². The normalized spacial score (nSPS) is 10.9. The summed E-state index contributed by atoms with van der Waals surface area (Å²) in [6, 6.07) is 15.4. The van der Waals surface area contributed by atoms with Gasteiger partial charge in [0.2, 0.25) is 17.6 Å². The topological polar surface area (TPSA) is 85.8 Å². The monoisotopic (exact) mass is 435 g/mol. The van der Waals surface area contributed by atoms with E-state index in [0.29, 0.717) is 42.5 Å². The van der Waals surface area contributed by atoms with Crippen LogP contribution >= 0.6 is 11.6 Å². The lowest BCUT2D eigenvalue weighted by molar-refractivity contribution is -0.121. The molecule has 2 aromatic carbocycles. The molecule has 0 radical (unpaired) electrons. The maximum absolute atomic E-state index is 12.1. The van der Waals surface area contributed by atoms with E-state index in [2.05, 4.69) is 32.6 Å². The van der Waals surface area contributed by atoms with Gasteiger partial charge in [-0.1, -0.05) is 41.0 Å². The molecule has 0 spiro atoms. The van der Waals surface area contributed by atoms with Gasteiger partial charge >= 0.3 is 0 Å². The Morgan fingerprint density at radius 1 is 1.06 bits per heavy atom. The third kappa shape index (κ3) is 6.02. The van der Waals surface area contributed by atoms with Gasteiger partial charge in [0.25, 0.3) is 0 Å². The zero-order valence-electron chi connectivity index (χ0n) is 16.9. The molecule has 31 heavy (non-hydrogen) atoms. The number of aromatic nitrogens is 4. The van der Waals surface area contributed by atoms with Gasteiger partial charge in [-0.05, 0) is 41.8 Å². The molecule has 0 unspecified atom stereocenters. The Labute approximate surface area is 185 Å². The standard InChI is InChI=1S/C23H22ClN5O2/c24-20-10-8-19(9-11-20)23-27-22(31-28-23)3-1-2-21(30)26-14-17-4-6-18(7-5-17)15-29-13-12-25-16-29/h4-13,16H,1-3,14-15H2,(H,26,30). The molecule has 0 fully saturated rings. The Bertz CT molecular complexity index is 1110. The minimum absolute atomic E-state index is 0.0000629. The number of nitrogens with one attached hydrogen (secondary N) is 1. The number of rotatable bonds is 9. The molecule has 0 aliphatic heterocycles. The second kappa shape index (κ2) is 10.0. The number of carbonyl (C=O) groups is 1. The second-order valence-corrected chi connectivity index (χ2v) is 7.64. The van der Waals surface area contributed by atoms with Gasteiger partial charge in [-0.25, -0.2) is 4.98 Å². The molecule has 1 N–H and O–H groups in total. The van der Waals surface area contributed by atoms with Crippen molar-refractivity contribution in [1.82, 2.24) is 25.0 Å². The number of halogens is 1. The average molecular weight is 436 g/mol. The van der Waals surface area contributed by atoms with Gasteiger partial charge in [-0.15, -0.1) is 0 Å². The van der Waals surface area contributed by atoms with Crippen LogP contribution in [-0.4, -0.2) is 25.6 Å². The Hall–Kier alpha value is -3.45. The zero-order valence-corrected chi connectivity index (χ0v) is 17.6. The molecule has 4 aromatic rings. The summed E-state index contributed by atoms with van der Waals surface area (Å²) < 4.78 is 7.29. The number of hydrogen-bond acceptors (Lipinski definition) is 5. The van der Waals surface area contributed by atoms with Crippen molar-refractivity contribution >= 4 is 17.5 Å². The number of hydrogen-bond donors (Lipinski definition) is 1. The van der Waals surface area contributed by atoms with E-state index in [1.807, 2.05) is 35.0 Å². The highest BCUT2D eigenvalue weighted by Crippen LogP contribution is 2.19. The summed E-state index contributed by atoms with van der Waals surface area (Å²) in [5.74, 6) is 1.04. The number of amides is 1. The molecular formula is C23H22ClN5O2. The van der Waals surface area contributed by atoms with Crippen molar-refractivity contribution in [2.24, 2.45) is 0 Å². The van der Waals surface area contributed by atoms with Crippen molar-refractivity contribution < 1.29 is 9.32 Å². The summed E-state index contributed by atoms with van der Waals surface area (Å²) in [5.41, 5.74) is 3.09. The zero-order chi connectivity index (χ0) is 21.5. The molecule has 1 amide bonds. The molecule has 0 aliphatic rings. The van der Waals surface area contributed by atoms with Crippen LogP contribution in [0.3, 0.4) is 0 Å². The fourth-order valence-electron chi connectivity index (χ4n) is 3.12. The molecule has 2 aromatic heterocycles. The van der Waals surface area contributed by atoms with E-state index in [9.17, 15) is 4.79 Å². The molecule has 7 nitrogen and oxygen atoms in total. The van der Waals surface area contributed by atoms with E-state index in [1.54, 1.807) is 24.7 Å². The van der Waals surface area contributed by atoms with Crippen LogP contribution in [0.15, 0.2) is 71.8 Å². The summed E-state index contributed by atoms with van der Waals surface area (Å²) in [4.78, 5) is 20.6. The molecule has 4 rings (SSSR count). The third-order valence-corrected chi connectivity index (χ3v) is 5.05. The Morgan fingerprint density at radius 2 is 1.84 bits per heavy atom. The van der Waals surface area contributed by atoms with Crippen molar-refractivity contribution in [3.05, 3.63) is 89.3 Å². The highest BCUT2D eigenvalue weighted by molar-refractivity contribution is 6.30. The number of carbonyl (C=O) groups excluding carboxylic acids is 1. The van der Waals surface area contributed by atoms with Crippen molar-refractivity contribution in [2.75, 3.05) is 0 Å². The number of imidazole rings is 1. The summed E-state index contributed by atoms with van der Waals surface area (Å²) >= 11 is 5.89. The van der Waals surface area contributed by atoms with E-state index in [1.165, 1.54) is 5.56 Å². The Balaban J connectivity index is 1.18. The lowest BCUT2D eigenvalue weighted by Gasteiger charge is -2.07. The lowest BCUT2D eigenvalue weighted by Crippen LogP contribution is -2.22. The van der Waals surface area contributed by atoms with Crippen LogP contribution in [0, 0.1) is 0 Å². The first-order valence-electron chi connectivity index (χ1n) is 10.0. The van der Waals surface area contributed by atoms with Crippen molar-refractivity contribution in [1.29, 1.82) is 0 Å². The molecule has 0 bridgehead atoms. The molecule has 158 valence electrons. The maximum Gasteiger partial charge on any atom is 0.226 e. The van der Waals surface area contributed by atoms with Gasteiger partial charge in [0.15, 0.2) is 0 Å². The van der Waals surface area contributed by atoms with Crippen molar-refractivity contribution in [3.8, 4) is 11.4 Å². The SMILES string of the molecule is O=C(CCCc1nc(-c2ccc(Cl)cc2)no1)NCc1ccc(Cn2ccnc2)cc1. The summed E-state index contributed by atoms with van der Waals surface area (Å²) in [6.45, 7) is 1.29. The smallest absolute Gasteiger partial charge is 0.226 e. The van der Waals surface area contributed by atoms with Crippen LogP contribution in [0.4, 0.5) is 0 Å². The van der Waals surface area contributed by atoms with E-state index in [-0.39, 0.29) is 5.91 Å². The van der Waals surface area contributed by atoms with Gasteiger partial charge in [-0.3, -0.25) is 4.79 Å². The van der Waals surface area contributed by atoms with Gasteiger partial charge in [0.05, 0.1) is 6.33 Å². The lowest BCUT2D eigenvalue weighted by atomic mass is 10.1. The van der Waals surface area contributed by atoms with E-state index in [0.717, 1.165) is 17.7 Å². The predicted molar refractivity (Wildman–Crippen MR) is 117 cm³/mol. The number of aryl methyl sites for hydroxylation is 1. The van der Waals surface area contributed by atoms with Crippen molar-refractivity contribution in [3.63, 3.8) is 0 Å². The molecule has 0 atom stereocenters. The minimum atomic E-state index is -0.0000629. The summed E-state index contributed by atoms with van der Waals surface area (Å²) in [7, 11) is 0. The van der Waals surface area contributed by atoms with Gasteiger partial charge in [-0.2, -0.15) is 4.98 Å². The first-order valence-corrected chi connectivity index (χ1v) is 10.4. The van der Waals surface area contributed by atoms with E-state index in [4.69, 9.17) is 16.1 Å². The molecule has 0 aliphatic carbocycles. The molecule has 0 saturated heterocycles. The summed E-state index contributed by atoms with van der Waals surface area (Å²) in [6.07, 6.45) is 7.08. The fourth-order valence-corrected chi connectivity index (χ4v) is 3.24. The Morgan fingerprint density at radius 3 is 2.58 bits per heavy atom. The predicted octanol–water partition coefficient (Wildman–Crippen LogP) is 4.27. The molecule has 0 saturated carbocycles. The van der Waals surface area contributed by atoms with Gasteiger partial charge in [0, 0.05) is 48.9 Å². The van der Waals surface area contributed by atoms with E-state index < -0.39 is 0 Å². The van der Waals surface area contributed by atoms with Gasteiger partial charge < -0.3 is 14.4 Å². The second-order valence-electron chi connectivity index (χ2n) is 7.20. The number of benzene rings is 2. The molecular weight excluding hydrogens is 414 g/mol. The maximum atomic E-state index is 12.1. The van der Waals surface area contributed by atoms with E-state index >= 15 is 0 Å². The first kappa shape index (κ1) is 20.8. The fraction of sp³-hybridized carbons (Fsp3) is 0.217. The van der Waals surface area contributed by atoms with Crippen LogP contribution < -0.4 is 5.32 Å². The highest BCUT2D eigenvalue weighted by atomic mass is 35.5. The summed E-state index contributed by atoms with van der Waals surface area (Å²) in [5, 5.41) is 7.60. The minimum Gasteiger partial charge on any atom is -0.352 e. The van der Waals surface area contributed by atoms with Crippen LogP contribution in [0.2, 0.25) is 5.02 Å². The van der Waals surface area contributed by atoms with Crippen LogP contribution in [0.1, 0.15) is 29.9 Å². The largest absolute Gasteiger partial charge is 0.352 e. The van der Waals surface area contributed by atoms with Crippen molar-refractivity contribution in [2.45, 2.75) is 32.4 Å². The first-order chi connectivity index (χ1) is 15.2. The number of nitrogens with zero attached hydrogens (tertiary/aromatic N) is 4. The van der Waals surface area contributed by atoms with Gasteiger partial charge in [0.1, 0.15) is 0 Å². The molecule has 2 heterocycles. The molecule has 8 heteroatoms. The average Bonchev–Trinajstić information content (AvgIpc) is 3.46. The van der Waals surface area contributed by atoms with Crippen LogP contribution in [0.25, 0.3) is 11.4 Å². The highest BCUT2D eigenvalue weighted by Gasteiger charge is 2.10. The van der Waals surface area contributed by atoms with Crippen LogP contribution in [-0.2, 0) is 24.3 Å². The quantitative estimate of drug-likeness (QED) is 0.424.